The van der Waals surface area contributed by atoms with Crippen molar-refractivity contribution in [2.24, 2.45) is 0 Å². The van der Waals surface area contributed by atoms with Crippen LogP contribution in [0.5, 0.6) is 5.75 Å². The molecule has 4 aromatic rings. The molecule has 0 spiro atoms. The predicted molar refractivity (Wildman–Crippen MR) is 132 cm³/mol. The normalized spacial score (nSPS) is 10.7. The van der Waals surface area contributed by atoms with E-state index in [4.69, 9.17) is 4.74 Å². The van der Waals surface area contributed by atoms with Gasteiger partial charge in [-0.2, -0.15) is 0 Å². The van der Waals surface area contributed by atoms with Gasteiger partial charge in [0.15, 0.2) is 5.13 Å². The second-order valence-electron chi connectivity index (χ2n) is 6.93. The summed E-state index contributed by atoms with van der Waals surface area (Å²) in [5.74, 6) is 1.36. The highest BCUT2D eigenvalue weighted by Gasteiger charge is 2.11. The number of methoxy groups -OCH3 is 1. The fraction of sp³-hybridized carbons (Fsp3) is 0.125. The van der Waals surface area contributed by atoms with Crippen LogP contribution in [-0.4, -0.2) is 29.7 Å². The fourth-order valence-corrected chi connectivity index (χ4v) is 4.58. The van der Waals surface area contributed by atoms with Crippen molar-refractivity contribution in [3.8, 4) is 5.75 Å². The molecule has 1 heterocycles. The van der Waals surface area contributed by atoms with Crippen molar-refractivity contribution in [1.29, 1.82) is 0 Å². The minimum atomic E-state index is -0.192. The number of carbonyl (C=O) groups excluding carboxylic acids is 2. The molecule has 1 aromatic heterocycles. The number of thioether (sulfide) groups is 1. The molecular formula is C24H21N3O3S2. The fourth-order valence-electron chi connectivity index (χ4n) is 3.05. The molecule has 0 aliphatic rings. The lowest BCUT2D eigenvalue weighted by Gasteiger charge is -2.06. The van der Waals surface area contributed by atoms with Gasteiger partial charge in [-0.1, -0.05) is 30.3 Å². The molecule has 32 heavy (non-hydrogen) atoms. The van der Waals surface area contributed by atoms with Crippen molar-refractivity contribution >= 4 is 56.5 Å². The topological polar surface area (TPSA) is 80.3 Å². The average Bonchev–Trinajstić information content (AvgIpc) is 3.26. The number of benzene rings is 3. The third kappa shape index (κ3) is 5.66. The van der Waals surface area contributed by atoms with Gasteiger partial charge in [0.1, 0.15) is 5.75 Å². The highest BCUT2D eigenvalue weighted by molar-refractivity contribution is 7.99. The Morgan fingerprint density at radius 3 is 2.56 bits per heavy atom. The number of hydrogen-bond acceptors (Lipinski definition) is 6. The molecule has 0 saturated carbocycles. The number of amides is 2. The third-order valence-electron chi connectivity index (χ3n) is 4.64. The van der Waals surface area contributed by atoms with Gasteiger partial charge in [0.25, 0.3) is 5.91 Å². The first-order valence-electron chi connectivity index (χ1n) is 9.87. The molecule has 0 aliphatic carbocycles. The maximum Gasteiger partial charge on any atom is 0.257 e. The number of nitrogens with zero attached hydrogens (tertiary/aromatic N) is 1. The lowest BCUT2D eigenvalue weighted by atomic mass is 10.1. The Morgan fingerprint density at radius 1 is 1.00 bits per heavy atom. The standard InChI is InChI=1S/C24H21N3O3S2/c1-30-21-10-8-19(9-11-21)25-22(28)15-31-13-20-14-32-24(26-20)27-23(29)18-7-6-16-4-2-3-5-17(16)12-18/h2-12,14H,13,15H2,1H3,(H,25,28)(H,26,27,29). The van der Waals surface area contributed by atoms with Gasteiger partial charge in [-0.25, -0.2) is 4.98 Å². The number of anilines is 2. The summed E-state index contributed by atoms with van der Waals surface area (Å²) in [5.41, 5.74) is 2.14. The van der Waals surface area contributed by atoms with Crippen LogP contribution in [-0.2, 0) is 10.5 Å². The summed E-state index contributed by atoms with van der Waals surface area (Å²) < 4.78 is 5.11. The van der Waals surface area contributed by atoms with E-state index in [0.29, 0.717) is 22.2 Å². The van der Waals surface area contributed by atoms with Gasteiger partial charge in [-0.15, -0.1) is 23.1 Å². The van der Waals surface area contributed by atoms with Crippen LogP contribution in [0.1, 0.15) is 16.1 Å². The number of aromatic nitrogens is 1. The van der Waals surface area contributed by atoms with E-state index in [9.17, 15) is 9.59 Å². The van der Waals surface area contributed by atoms with E-state index in [1.165, 1.54) is 23.1 Å². The number of hydrogen-bond donors (Lipinski definition) is 2. The molecule has 6 nitrogen and oxygen atoms in total. The van der Waals surface area contributed by atoms with Crippen molar-refractivity contribution < 1.29 is 14.3 Å². The summed E-state index contributed by atoms with van der Waals surface area (Å²) in [6.45, 7) is 0. The first-order chi connectivity index (χ1) is 15.6. The Morgan fingerprint density at radius 2 is 1.78 bits per heavy atom. The lowest BCUT2D eigenvalue weighted by molar-refractivity contribution is -0.113. The molecule has 0 bridgehead atoms. The summed E-state index contributed by atoms with van der Waals surface area (Å²) in [7, 11) is 1.60. The van der Waals surface area contributed by atoms with Crippen LogP contribution in [0, 0.1) is 0 Å². The molecule has 0 atom stereocenters. The van der Waals surface area contributed by atoms with E-state index >= 15 is 0 Å². The molecular weight excluding hydrogens is 442 g/mol. The minimum Gasteiger partial charge on any atom is -0.497 e. The molecule has 0 unspecified atom stereocenters. The van der Waals surface area contributed by atoms with Crippen LogP contribution in [0.25, 0.3) is 10.8 Å². The Kier molecular flexibility index (Phi) is 7.03. The van der Waals surface area contributed by atoms with Gasteiger partial charge in [-0.05, 0) is 47.2 Å². The van der Waals surface area contributed by atoms with Gasteiger partial charge in [-0.3, -0.25) is 14.9 Å². The predicted octanol–water partition coefficient (Wildman–Crippen LogP) is 5.43. The largest absolute Gasteiger partial charge is 0.497 e. The molecule has 4 rings (SSSR count). The third-order valence-corrected chi connectivity index (χ3v) is 6.41. The molecule has 2 amide bonds. The van der Waals surface area contributed by atoms with E-state index in [1.807, 2.05) is 47.8 Å². The van der Waals surface area contributed by atoms with Gasteiger partial charge >= 0.3 is 0 Å². The van der Waals surface area contributed by atoms with Crippen LogP contribution in [0.15, 0.2) is 72.1 Å². The van der Waals surface area contributed by atoms with Crippen molar-refractivity contribution in [3.05, 3.63) is 83.4 Å². The van der Waals surface area contributed by atoms with Crippen LogP contribution < -0.4 is 15.4 Å². The van der Waals surface area contributed by atoms with E-state index in [-0.39, 0.29) is 11.8 Å². The minimum absolute atomic E-state index is 0.0831. The molecule has 2 N–H and O–H groups in total. The smallest absolute Gasteiger partial charge is 0.257 e. The zero-order chi connectivity index (χ0) is 22.3. The van der Waals surface area contributed by atoms with Crippen molar-refractivity contribution in [1.82, 2.24) is 4.98 Å². The molecule has 162 valence electrons. The number of thiazole rings is 1. The van der Waals surface area contributed by atoms with Crippen molar-refractivity contribution in [3.63, 3.8) is 0 Å². The maximum absolute atomic E-state index is 12.6. The van der Waals surface area contributed by atoms with Crippen molar-refractivity contribution in [2.45, 2.75) is 5.75 Å². The average molecular weight is 464 g/mol. The van der Waals surface area contributed by atoms with Crippen LogP contribution in [0.4, 0.5) is 10.8 Å². The van der Waals surface area contributed by atoms with Gasteiger partial charge in [0.05, 0.1) is 18.6 Å². The quantitative estimate of drug-likeness (QED) is 0.364. The second kappa shape index (κ2) is 10.3. The number of rotatable bonds is 8. The summed E-state index contributed by atoms with van der Waals surface area (Å²) in [6, 6.07) is 20.7. The number of carbonyl (C=O) groups is 2. The van der Waals surface area contributed by atoms with Crippen molar-refractivity contribution in [2.75, 3.05) is 23.5 Å². The molecule has 8 heteroatoms. The summed E-state index contributed by atoms with van der Waals surface area (Å²) in [5, 5.41) is 10.3. The van der Waals surface area contributed by atoms with Crippen LogP contribution in [0.2, 0.25) is 0 Å². The highest BCUT2D eigenvalue weighted by atomic mass is 32.2. The Hall–Kier alpha value is -3.36. The number of nitrogens with one attached hydrogen (secondary N) is 2. The van der Waals surface area contributed by atoms with E-state index in [0.717, 1.165) is 27.9 Å². The second-order valence-corrected chi connectivity index (χ2v) is 8.77. The Bertz CT molecular complexity index is 1240. The zero-order valence-corrected chi connectivity index (χ0v) is 19.0. The Balaban J connectivity index is 1.26. The molecule has 3 aromatic carbocycles. The summed E-state index contributed by atoms with van der Waals surface area (Å²) >= 11 is 2.84. The zero-order valence-electron chi connectivity index (χ0n) is 17.3. The van der Waals surface area contributed by atoms with Gasteiger partial charge in [0, 0.05) is 22.4 Å². The van der Waals surface area contributed by atoms with E-state index in [2.05, 4.69) is 15.6 Å². The first kappa shape index (κ1) is 21.9. The Labute approximate surface area is 194 Å². The molecule has 0 saturated heterocycles. The number of ether oxygens (including phenoxy) is 1. The molecule has 0 radical (unpaired) electrons. The number of fused-ring (bicyclic) bond motifs is 1. The van der Waals surface area contributed by atoms with E-state index < -0.39 is 0 Å². The van der Waals surface area contributed by atoms with Gasteiger partial charge in [0.2, 0.25) is 5.91 Å². The highest BCUT2D eigenvalue weighted by Crippen LogP contribution is 2.22. The summed E-state index contributed by atoms with van der Waals surface area (Å²) in [6.07, 6.45) is 0. The molecule has 0 aliphatic heterocycles. The lowest BCUT2D eigenvalue weighted by Crippen LogP contribution is -2.14. The maximum atomic E-state index is 12.6. The van der Waals surface area contributed by atoms with Crippen LogP contribution >= 0.6 is 23.1 Å². The first-order valence-corrected chi connectivity index (χ1v) is 11.9. The monoisotopic (exact) mass is 463 g/mol. The summed E-state index contributed by atoms with van der Waals surface area (Å²) in [4.78, 5) is 29.2. The van der Waals surface area contributed by atoms with Crippen LogP contribution in [0.3, 0.4) is 0 Å². The molecule has 0 fully saturated rings. The SMILES string of the molecule is COc1ccc(NC(=O)CSCc2csc(NC(=O)c3ccc4ccccc4c3)n2)cc1. The van der Waals surface area contributed by atoms with Gasteiger partial charge < -0.3 is 10.1 Å². The van der Waals surface area contributed by atoms with E-state index in [1.54, 1.807) is 31.4 Å².